The average molecular weight is 353 g/mol. The first-order chi connectivity index (χ1) is 11.5. The molecule has 0 amide bonds. The quantitative estimate of drug-likeness (QED) is 0.449. The summed E-state index contributed by atoms with van der Waals surface area (Å²) in [6, 6.07) is 19.4. The maximum Gasteiger partial charge on any atom is 0.0895 e. The normalized spacial score (nSPS) is 10.6. The van der Waals surface area contributed by atoms with Gasteiger partial charge in [-0.2, -0.15) is 10.2 Å². The van der Waals surface area contributed by atoms with E-state index in [-0.39, 0.29) is 12.4 Å². The van der Waals surface area contributed by atoms with Crippen molar-refractivity contribution in [3.63, 3.8) is 0 Å². The Morgan fingerprint density at radius 1 is 0.760 bits per heavy atom. The van der Waals surface area contributed by atoms with E-state index < -0.39 is 0 Å². The van der Waals surface area contributed by atoms with Crippen molar-refractivity contribution in [2.24, 2.45) is 10.2 Å². The predicted octanol–water partition coefficient (Wildman–Crippen LogP) is 5.97. The summed E-state index contributed by atoms with van der Waals surface area (Å²) in [4.78, 5) is 0. The average Bonchev–Trinajstić information content (AvgIpc) is 2.56. The number of nitrogens with zero attached hydrogens (tertiary/aromatic N) is 2. The van der Waals surface area contributed by atoms with Gasteiger partial charge in [0.2, 0.25) is 0 Å². The van der Waals surface area contributed by atoms with E-state index in [0.717, 1.165) is 33.6 Å². The summed E-state index contributed by atoms with van der Waals surface area (Å²) in [5, 5.41) is 8.75. The van der Waals surface area contributed by atoms with E-state index in [1.54, 1.807) is 6.07 Å². The summed E-state index contributed by atoms with van der Waals surface area (Å²) in [6.07, 6.45) is 0. The zero-order valence-corrected chi connectivity index (χ0v) is 15.0. The van der Waals surface area contributed by atoms with E-state index in [2.05, 4.69) is 16.3 Å². The summed E-state index contributed by atoms with van der Waals surface area (Å²) in [5.41, 5.74) is 19.1. The Labute approximate surface area is 154 Å². The first kappa shape index (κ1) is 18.5. The van der Waals surface area contributed by atoms with Crippen molar-refractivity contribution in [2.45, 2.75) is 13.8 Å². The Balaban J connectivity index is 0.00000225. The minimum absolute atomic E-state index is 0. The van der Waals surface area contributed by atoms with Crippen LogP contribution in [0, 0.1) is 13.8 Å². The van der Waals surface area contributed by atoms with Crippen LogP contribution in [0.4, 0.5) is 22.7 Å². The van der Waals surface area contributed by atoms with Crippen molar-refractivity contribution in [1.29, 1.82) is 0 Å². The SMILES string of the molecule is Cc1cc(N=Nc2ccccc2)c(C)c(-c2ccc(N)cc2N)c1.Cl. The van der Waals surface area contributed by atoms with Crippen molar-refractivity contribution < 1.29 is 0 Å². The molecule has 0 atom stereocenters. The van der Waals surface area contributed by atoms with Crippen LogP contribution in [0.1, 0.15) is 11.1 Å². The summed E-state index contributed by atoms with van der Waals surface area (Å²) >= 11 is 0. The zero-order valence-electron chi connectivity index (χ0n) is 14.2. The highest BCUT2D eigenvalue weighted by Gasteiger charge is 2.10. The summed E-state index contributed by atoms with van der Waals surface area (Å²) < 4.78 is 0. The predicted molar refractivity (Wildman–Crippen MR) is 108 cm³/mol. The van der Waals surface area contributed by atoms with Crippen LogP contribution in [-0.4, -0.2) is 0 Å². The fourth-order valence-corrected chi connectivity index (χ4v) is 2.66. The number of halogens is 1. The number of azo groups is 1. The fraction of sp³-hybridized carbons (Fsp3) is 0.100. The van der Waals surface area contributed by atoms with Crippen LogP contribution in [0.25, 0.3) is 11.1 Å². The number of hydrogen-bond acceptors (Lipinski definition) is 4. The van der Waals surface area contributed by atoms with Gasteiger partial charge in [0.1, 0.15) is 0 Å². The molecule has 0 fully saturated rings. The van der Waals surface area contributed by atoms with Crippen LogP contribution in [-0.2, 0) is 0 Å². The van der Waals surface area contributed by atoms with Gasteiger partial charge in [-0.15, -0.1) is 12.4 Å². The standard InChI is InChI=1S/C20H20N4.ClH/c1-13-10-18(17-9-8-15(21)12-19(17)22)14(2)20(11-13)24-23-16-6-4-3-5-7-16;/h3-12H,21-22H2,1-2H3;1H. The van der Waals surface area contributed by atoms with Gasteiger partial charge in [-0.3, -0.25) is 0 Å². The maximum atomic E-state index is 6.15. The second-order valence-electron chi connectivity index (χ2n) is 5.84. The number of nitrogen functional groups attached to an aromatic ring is 2. The highest BCUT2D eigenvalue weighted by molar-refractivity contribution is 5.85. The lowest BCUT2D eigenvalue weighted by atomic mass is 9.95. The van der Waals surface area contributed by atoms with Gasteiger partial charge in [-0.25, -0.2) is 0 Å². The Morgan fingerprint density at radius 3 is 2.16 bits per heavy atom. The zero-order chi connectivity index (χ0) is 17.1. The van der Waals surface area contributed by atoms with Gasteiger partial charge >= 0.3 is 0 Å². The van der Waals surface area contributed by atoms with Gasteiger partial charge in [0.25, 0.3) is 0 Å². The van der Waals surface area contributed by atoms with Crippen molar-refractivity contribution in [3.8, 4) is 11.1 Å². The molecule has 5 heteroatoms. The smallest absolute Gasteiger partial charge is 0.0895 e. The number of anilines is 2. The third-order valence-electron chi connectivity index (χ3n) is 3.92. The molecule has 3 rings (SSSR count). The van der Waals surface area contributed by atoms with Gasteiger partial charge in [0.15, 0.2) is 0 Å². The molecule has 0 spiro atoms. The maximum absolute atomic E-state index is 6.15. The number of aryl methyl sites for hydroxylation is 1. The monoisotopic (exact) mass is 352 g/mol. The molecule has 0 aliphatic rings. The van der Waals surface area contributed by atoms with E-state index in [1.807, 2.05) is 62.4 Å². The van der Waals surface area contributed by atoms with Crippen LogP contribution in [0.3, 0.4) is 0 Å². The highest BCUT2D eigenvalue weighted by Crippen LogP contribution is 2.36. The topological polar surface area (TPSA) is 76.8 Å². The van der Waals surface area contributed by atoms with Crippen LogP contribution in [0.5, 0.6) is 0 Å². The van der Waals surface area contributed by atoms with E-state index >= 15 is 0 Å². The molecule has 25 heavy (non-hydrogen) atoms. The van der Waals surface area contributed by atoms with E-state index in [0.29, 0.717) is 11.4 Å². The second kappa shape index (κ2) is 7.81. The minimum atomic E-state index is 0. The lowest BCUT2D eigenvalue weighted by Gasteiger charge is -2.13. The lowest BCUT2D eigenvalue weighted by molar-refractivity contribution is 1.20. The van der Waals surface area contributed by atoms with Gasteiger partial charge in [0, 0.05) is 16.9 Å². The third kappa shape index (κ3) is 4.17. The van der Waals surface area contributed by atoms with E-state index in [9.17, 15) is 0 Å². The molecule has 0 aromatic heterocycles. The van der Waals surface area contributed by atoms with Crippen molar-refractivity contribution >= 4 is 35.2 Å². The van der Waals surface area contributed by atoms with Crippen molar-refractivity contribution in [2.75, 3.05) is 11.5 Å². The van der Waals surface area contributed by atoms with Crippen molar-refractivity contribution in [1.82, 2.24) is 0 Å². The van der Waals surface area contributed by atoms with E-state index in [1.165, 1.54) is 0 Å². The van der Waals surface area contributed by atoms with Crippen LogP contribution in [0.2, 0.25) is 0 Å². The summed E-state index contributed by atoms with van der Waals surface area (Å²) in [5.74, 6) is 0. The molecule has 128 valence electrons. The first-order valence-electron chi connectivity index (χ1n) is 7.78. The summed E-state index contributed by atoms with van der Waals surface area (Å²) in [7, 11) is 0. The van der Waals surface area contributed by atoms with Crippen LogP contribution >= 0.6 is 12.4 Å². The highest BCUT2D eigenvalue weighted by atomic mass is 35.5. The summed E-state index contributed by atoms with van der Waals surface area (Å²) in [6.45, 7) is 4.07. The molecular formula is C20H21ClN4. The number of nitrogens with two attached hydrogens (primary N) is 2. The first-order valence-corrected chi connectivity index (χ1v) is 7.78. The number of benzene rings is 3. The van der Waals surface area contributed by atoms with Gasteiger partial charge in [-0.05, 0) is 60.9 Å². The molecule has 0 radical (unpaired) electrons. The number of rotatable bonds is 3. The van der Waals surface area contributed by atoms with Gasteiger partial charge in [0.05, 0.1) is 11.4 Å². The van der Waals surface area contributed by atoms with E-state index in [4.69, 9.17) is 11.5 Å². The lowest BCUT2D eigenvalue weighted by Crippen LogP contribution is -1.95. The molecule has 3 aromatic carbocycles. The minimum Gasteiger partial charge on any atom is -0.399 e. The molecule has 0 heterocycles. The Hall–Kier alpha value is -2.85. The van der Waals surface area contributed by atoms with Crippen LogP contribution < -0.4 is 11.5 Å². The Bertz CT molecular complexity index is 905. The molecule has 0 saturated carbocycles. The Morgan fingerprint density at radius 2 is 1.48 bits per heavy atom. The molecule has 0 unspecified atom stereocenters. The van der Waals surface area contributed by atoms with Gasteiger partial charge in [-0.1, -0.05) is 30.3 Å². The molecule has 0 aliphatic carbocycles. The number of hydrogen-bond donors (Lipinski definition) is 2. The Kier molecular flexibility index (Phi) is 5.78. The fourth-order valence-electron chi connectivity index (χ4n) is 2.66. The molecule has 0 aliphatic heterocycles. The largest absolute Gasteiger partial charge is 0.399 e. The molecule has 3 aromatic rings. The van der Waals surface area contributed by atoms with Crippen molar-refractivity contribution in [3.05, 3.63) is 71.8 Å². The molecule has 4 nitrogen and oxygen atoms in total. The molecule has 4 N–H and O–H groups in total. The second-order valence-corrected chi connectivity index (χ2v) is 5.84. The van der Waals surface area contributed by atoms with Gasteiger partial charge < -0.3 is 11.5 Å². The molecule has 0 saturated heterocycles. The van der Waals surface area contributed by atoms with Crippen LogP contribution in [0.15, 0.2) is 70.9 Å². The third-order valence-corrected chi connectivity index (χ3v) is 3.92. The molecule has 0 bridgehead atoms. The molecular weight excluding hydrogens is 332 g/mol.